The number of nitrogens with zero attached hydrogens (tertiary/aromatic N) is 1. The van der Waals surface area contributed by atoms with Gasteiger partial charge < -0.3 is 0 Å². The highest BCUT2D eigenvalue weighted by Crippen LogP contribution is 2.53. The molecule has 1 aliphatic carbocycles. The average molecular weight is 259 g/mol. The maximum Gasteiger partial charge on any atom is 0.216 e. The molecule has 0 amide bonds. The van der Waals surface area contributed by atoms with E-state index in [1.807, 2.05) is 0 Å². The van der Waals surface area contributed by atoms with Gasteiger partial charge in [-0.05, 0) is 50.9 Å². The zero-order valence-electron chi connectivity index (χ0n) is 11.3. The fraction of sp³-hybridized carbons (Fsp3) is 1.00. The van der Waals surface area contributed by atoms with Crippen LogP contribution in [-0.4, -0.2) is 31.1 Å². The van der Waals surface area contributed by atoms with Gasteiger partial charge in [0.05, 0.1) is 5.25 Å². The molecule has 1 heterocycles. The summed E-state index contributed by atoms with van der Waals surface area (Å²) >= 11 is 0. The van der Waals surface area contributed by atoms with Crippen molar-refractivity contribution in [3.8, 4) is 0 Å². The van der Waals surface area contributed by atoms with Crippen molar-refractivity contribution in [2.75, 3.05) is 13.1 Å². The predicted molar refractivity (Wildman–Crippen MR) is 70.3 cm³/mol. The van der Waals surface area contributed by atoms with Crippen molar-refractivity contribution in [2.45, 2.75) is 58.1 Å². The Morgan fingerprint density at radius 2 is 1.76 bits per heavy atom. The molecule has 0 atom stereocenters. The van der Waals surface area contributed by atoms with Gasteiger partial charge in [-0.15, -0.1) is 0 Å². The first kappa shape index (κ1) is 13.3. The topological polar surface area (TPSA) is 37.4 Å². The summed E-state index contributed by atoms with van der Waals surface area (Å²) in [5, 5.41) is -0.277. The molecule has 0 N–H and O–H groups in total. The van der Waals surface area contributed by atoms with Gasteiger partial charge in [-0.25, -0.2) is 12.7 Å². The van der Waals surface area contributed by atoms with Crippen LogP contribution in [-0.2, 0) is 10.0 Å². The van der Waals surface area contributed by atoms with Crippen molar-refractivity contribution in [1.29, 1.82) is 0 Å². The van der Waals surface area contributed by atoms with E-state index in [1.165, 1.54) is 19.3 Å². The monoisotopic (exact) mass is 259 g/mol. The van der Waals surface area contributed by atoms with Gasteiger partial charge in [0.25, 0.3) is 0 Å². The SMILES string of the molecule is CCC1CC2(CCN(S(=O)(=O)C(C)C)CC2)C1. The summed E-state index contributed by atoms with van der Waals surface area (Å²) in [5.41, 5.74) is 0.504. The minimum absolute atomic E-state index is 0.277. The summed E-state index contributed by atoms with van der Waals surface area (Å²) in [6, 6.07) is 0. The van der Waals surface area contributed by atoms with E-state index in [9.17, 15) is 8.42 Å². The lowest BCUT2D eigenvalue weighted by atomic mass is 9.57. The molecule has 0 radical (unpaired) electrons. The Morgan fingerprint density at radius 3 is 2.18 bits per heavy atom. The molecule has 2 fully saturated rings. The van der Waals surface area contributed by atoms with Gasteiger partial charge in [-0.1, -0.05) is 13.3 Å². The number of hydrogen-bond donors (Lipinski definition) is 0. The molecular formula is C13H25NO2S. The minimum Gasteiger partial charge on any atom is -0.212 e. The number of piperidine rings is 1. The first-order valence-corrected chi connectivity index (χ1v) is 8.39. The van der Waals surface area contributed by atoms with Gasteiger partial charge in [-0.2, -0.15) is 0 Å². The highest BCUT2D eigenvalue weighted by atomic mass is 32.2. The Balaban J connectivity index is 1.91. The van der Waals surface area contributed by atoms with Crippen LogP contribution in [0.15, 0.2) is 0 Å². The fourth-order valence-electron chi connectivity index (χ4n) is 3.38. The zero-order chi connectivity index (χ0) is 12.7. The van der Waals surface area contributed by atoms with Gasteiger partial charge in [0, 0.05) is 13.1 Å². The van der Waals surface area contributed by atoms with Crippen LogP contribution in [0.3, 0.4) is 0 Å². The van der Waals surface area contributed by atoms with E-state index in [0.29, 0.717) is 5.41 Å². The minimum atomic E-state index is -3.02. The summed E-state index contributed by atoms with van der Waals surface area (Å²) < 4.78 is 25.8. The van der Waals surface area contributed by atoms with Crippen molar-refractivity contribution < 1.29 is 8.42 Å². The Hall–Kier alpha value is -0.0900. The van der Waals surface area contributed by atoms with Crippen LogP contribution in [0.2, 0.25) is 0 Å². The van der Waals surface area contributed by atoms with E-state index in [-0.39, 0.29) is 5.25 Å². The second kappa shape index (κ2) is 4.54. The van der Waals surface area contributed by atoms with Gasteiger partial charge >= 0.3 is 0 Å². The van der Waals surface area contributed by atoms with Gasteiger partial charge in [0.1, 0.15) is 0 Å². The van der Waals surface area contributed by atoms with Crippen molar-refractivity contribution in [3.63, 3.8) is 0 Å². The molecule has 100 valence electrons. The maximum atomic E-state index is 12.0. The zero-order valence-corrected chi connectivity index (χ0v) is 12.1. The summed E-state index contributed by atoms with van der Waals surface area (Å²) in [5.74, 6) is 0.906. The van der Waals surface area contributed by atoms with E-state index in [0.717, 1.165) is 31.8 Å². The first-order chi connectivity index (χ1) is 7.89. The lowest BCUT2D eigenvalue weighted by Gasteiger charge is -2.52. The second-order valence-electron chi connectivity index (χ2n) is 6.18. The van der Waals surface area contributed by atoms with Crippen molar-refractivity contribution in [1.82, 2.24) is 4.31 Å². The van der Waals surface area contributed by atoms with Crippen LogP contribution in [0, 0.1) is 11.3 Å². The molecule has 0 aromatic rings. The molecule has 0 aromatic heterocycles. The summed E-state index contributed by atoms with van der Waals surface area (Å²) in [6.07, 6.45) is 6.11. The van der Waals surface area contributed by atoms with Crippen LogP contribution in [0.1, 0.15) is 52.9 Å². The third-order valence-corrected chi connectivity index (χ3v) is 7.04. The molecule has 0 aromatic carbocycles. The molecule has 4 heteroatoms. The Kier molecular flexibility index (Phi) is 3.56. The highest BCUT2D eigenvalue weighted by Gasteiger charge is 2.46. The van der Waals surface area contributed by atoms with Crippen LogP contribution in [0.4, 0.5) is 0 Å². The molecule has 0 unspecified atom stereocenters. The van der Waals surface area contributed by atoms with Gasteiger partial charge in [-0.3, -0.25) is 0 Å². The lowest BCUT2D eigenvalue weighted by molar-refractivity contribution is 0.00324. The third-order valence-electron chi connectivity index (χ3n) is 4.76. The van der Waals surface area contributed by atoms with Crippen LogP contribution >= 0.6 is 0 Å². The van der Waals surface area contributed by atoms with E-state index in [2.05, 4.69) is 6.92 Å². The lowest BCUT2D eigenvalue weighted by Crippen LogP contribution is -2.49. The summed E-state index contributed by atoms with van der Waals surface area (Å²) in [6.45, 7) is 7.30. The molecule has 1 spiro atoms. The Morgan fingerprint density at radius 1 is 1.24 bits per heavy atom. The summed E-state index contributed by atoms with van der Waals surface area (Å²) in [4.78, 5) is 0. The quantitative estimate of drug-likeness (QED) is 0.781. The van der Waals surface area contributed by atoms with Crippen LogP contribution in [0.5, 0.6) is 0 Å². The van der Waals surface area contributed by atoms with Crippen LogP contribution in [0.25, 0.3) is 0 Å². The van der Waals surface area contributed by atoms with E-state index < -0.39 is 10.0 Å². The molecule has 1 aliphatic heterocycles. The smallest absolute Gasteiger partial charge is 0.212 e. The molecule has 17 heavy (non-hydrogen) atoms. The summed E-state index contributed by atoms with van der Waals surface area (Å²) in [7, 11) is -3.02. The third kappa shape index (κ3) is 2.39. The second-order valence-corrected chi connectivity index (χ2v) is 8.66. The molecule has 1 saturated carbocycles. The van der Waals surface area contributed by atoms with Crippen molar-refractivity contribution in [3.05, 3.63) is 0 Å². The van der Waals surface area contributed by atoms with Crippen molar-refractivity contribution in [2.24, 2.45) is 11.3 Å². The largest absolute Gasteiger partial charge is 0.216 e. The van der Waals surface area contributed by atoms with Gasteiger partial charge in [0.15, 0.2) is 0 Å². The van der Waals surface area contributed by atoms with E-state index in [1.54, 1.807) is 18.2 Å². The molecule has 0 bridgehead atoms. The molecule has 3 nitrogen and oxygen atoms in total. The molecule has 2 aliphatic rings. The first-order valence-electron chi connectivity index (χ1n) is 6.88. The highest BCUT2D eigenvalue weighted by molar-refractivity contribution is 7.89. The average Bonchev–Trinajstić information content (AvgIpc) is 2.25. The Labute approximate surface area is 106 Å². The maximum absolute atomic E-state index is 12.0. The molecule has 1 saturated heterocycles. The van der Waals surface area contributed by atoms with Crippen LogP contribution < -0.4 is 0 Å². The fourth-order valence-corrected chi connectivity index (χ4v) is 4.66. The standard InChI is InChI=1S/C13H25NO2S/c1-4-12-9-13(10-12)5-7-14(8-6-13)17(15,16)11(2)3/h11-12H,4-10H2,1-3H3. The molecular weight excluding hydrogens is 234 g/mol. The Bertz CT molecular complexity index is 359. The van der Waals surface area contributed by atoms with E-state index >= 15 is 0 Å². The number of hydrogen-bond acceptors (Lipinski definition) is 2. The normalized spacial score (nSPS) is 26.4. The molecule has 2 rings (SSSR count). The number of sulfonamides is 1. The number of rotatable bonds is 3. The predicted octanol–water partition coefficient (Wildman–Crippen LogP) is 2.63. The van der Waals surface area contributed by atoms with Crippen molar-refractivity contribution >= 4 is 10.0 Å². The van der Waals surface area contributed by atoms with Gasteiger partial charge in [0.2, 0.25) is 10.0 Å². The van der Waals surface area contributed by atoms with E-state index in [4.69, 9.17) is 0 Å².